The Morgan fingerprint density at radius 1 is 0.405 bits per heavy atom. The quantitative estimate of drug-likeness (QED) is 0.175. The summed E-state index contributed by atoms with van der Waals surface area (Å²) in [5.74, 6) is 1.95. The first-order valence-electron chi connectivity index (χ1n) is 14.6. The van der Waals surface area contributed by atoms with Crippen LogP contribution in [0.15, 0.2) is 109 Å². The number of benzene rings is 4. The molecule has 0 saturated heterocycles. The van der Waals surface area contributed by atoms with Crippen LogP contribution >= 0.6 is 0 Å². The average molecular weight is 487 g/mol. The molecule has 1 aliphatic rings. The number of hydrogen-bond donors (Lipinski definition) is 0. The molecule has 0 heterocycles. The maximum Gasteiger partial charge on any atom is -0.0184 e. The Hall–Kier alpha value is -3.12. The Labute approximate surface area is 224 Å². The predicted molar refractivity (Wildman–Crippen MR) is 160 cm³/mol. The van der Waals surface area contributed by atoms with Gasteiger partial charge in [-0.2, -0.15) is 0 Å². The van der Waals surface area contributed by atoms with Crippen molar-refractivity contribution >= 4 is 0 Å². The van der Waals surface area contributed by atoms with Crippen LogP contribution in [0, 0.1) is 11.8 Å². The molecule has 0 heteroatoms. The zero-order valence-electron chi connectivity index (χ0n) is 22.3. The van der Waals surface area contributed by atoms with Crippen LogP contribution in [-0.4, -0.2) is 0 Å². The Morgan fingerprint density at radius 2 is 0.784 bits per heavy atom. The van der Waals surface area contributed by atoms with Gasteiger partial charge in [-0.25, -0.2) is 0 Å². The van der Waals surface area contributed by atoms with Crippen molar-refractivity contribution in [3.05, 3.63) is 120 Å². The van der Waals surface area contributed by atoms with Crippen molar-refractivity contribution in [3.8, 4) is 22.3 Å². The summed E-state index contributed by atoms with van der Waals surface area (Å²) in [6.07, 6.45) is 15.1. The molecule has 0 bridgehead atoms. The van der Waals surface area contributed by atoms with Gasteiger partial charge in [-0.15, -0.1) is 0 Å². The molecule has 0 N–H and O–H groups in total. The minimum absolute atomic E-state index is 0.977. The molecule has 0 spiro atoms. The third kappa shape index (κ3) is 7.45. The Kier molecular flexibility index (Phi) is 9.27. The fourth-order valence-electron chi connectivity index (χ4n) is 6.33. The fraction of sp³-hybridized carbons (Fsp3) is 0.351. The summed E-state index contributed by atoms with van der Waals surface area (Å²) in [4.78, 5) is 0. The third-order valence-electron chi connectivity index (χ3n) is 8.52. The molecule has 37 heavy (non-hydrogen) atoms. The Bertz CT molecular complexity index is 1080. The lowest BCUT2D eigenvalue weighted by atomic mass is 9.86. The van der Waals surface area contributed by atoms with E-state index in [0.717, 1.165) is 11.8 Å². The molecule has 0 amide bonds. The van der Waals surface area contributed by atoms with Gasteiger partial charge < -0.3 is 0 Å². The van der Waals surface area contributed by atoms with Crippen LogP contribution in [0.5, 0.6) is 0 Å². The second-order valence-electron chi connectivity index (χ2n) is 11.1. The van der Waals surface area contributed by atoms with E-state index in [9.17, 15) is 0 Å². The zero-order valence-corrected chi connectivity index (χ0v) is 22.3. The highest BCUT2D eigenvalue weighted by Crippen LogP contribution is 2.38. The highest BCUT2D eigenvalue weighted by atomic mass is 14.3. The first-order valence-corrected chi connectivity index (χ1v) is 14.6. The molecule has 0 aliphatic heterocycles. The molecule has 0 radical (unpaired) electrons. The topological polar surface area (TPSA) is 0 Å². The van der Waals surface area contributed by atoms with Crippen molar-refractivity contribution in [2.45, 2.75) is 70.6 Å². The monoisotopic (exact) mass is 486 g/mol. The summed E-state index contributed by atoms with van der Waals surface area (Å²) in [5.41, 5.74) is 8.23. The van der Waals surface area contributed by atoms with Gasteiger partial charge >= 0.3 is 0 Å². The van der Waals surface area contributed by atoms with E-state index >= 15 is 0 Å². The SMILES string of the molecule is c1ccc(-c2ccc(CCCCC3CCCC3CCCCc3ccc(-c4ccccc4)cc3)cc2)cc1. The Morgan fingerprint density at radius 3 is 1.19 bits per heavy atom. The van der Waals surface area contributed by atoms with E-state index in [-0.39, 0.29) is 0 Å². The number of rotatable bonds is 12. The molecule has 0 aromatic heterocycles. The molecule has 0 nitrogen and oxygen atoms in total. The average Bonchev–Trinajstić information content (AvgIpc) is 3.42. The summed E-state index contributed by atoms with van der Waals surface area (Å²) in [6.45, 7) is 0. The van der Waals surface area contributed by atoms with Gasteiger partial charge in [0, 0.05) is 0 Å². The molecule has 4 aromatic rings. The van der Waals surface area contributed by atoms with Crippen molar-refractivity contribution < 1.29 is 0 Å². The zero-order chi connectivity index (χ0) is 25.1. The van der Waals surface area contributed by atoms with Gasteiger partial charge in [-0.3, -0.25) is 0 Å². The molecule has 2 atom stereocenters. The van der Waals surface area contributed by atoms with E-state index in [2.05, 4.69) is 109 Å². The van der Waals surface area contributed by atoms with Crippen molar-refractivity contribution in [3.63, 3.8) is 0 Å². The van der Waals surface area contributed by atoms with Crippen LogP contribution in [0.25, 0.3) is 22.3 Å². The van der Waals surface area contributed by atoms with Gasteiger partial charge in [0.15, 0.2) is 0 Å². The van der Waals surface area contributed by atoms with Crippen molar-refractivity contribution in [2.24, 2.45) is 11.8 Å². The molecule has 1 aliphatic carbocycles. The molecule has 1 fully saturated rings. The standard InChI is InChI=1S/C37H42/c1-3-14-32(15-4-1)36-26-22-30(23-27-36)12-7-9-18-34-20-11-21-35(34)19-10-8-13-31-24-28-37(29-25-31)33-16-5-2-6-17-33/h1-6,14-17,22-29,34-35H,7-13,18-21H2. The van der Waals surface area contributed by atoms with Gasteiger partial charge in [-0.1, -0.05) is 154 Å². The van der Waals surface area contributed by atoms with Crippen molar-refractivity contribution in [1.29, 1.82) is 0 Å². The lowest BCUT2D eigenvalue weighted by Crippen LogP contribution is -2.08. The molecule has 4 aromatic carbocycles. The fourth-order valence-corrected chi connectivity index (χ4v) is 6.33. The van der Waals surface area contributed by atoms with E-state index < -0.39 is 0 Å². The maximum absolute atomic E-state index is 2.33. The lowest BCUT2D eigenvalue weighted by Gasteiger charge is -2.19. The van der Waals surface area contributed by atoms with Crippen molar-refractivity contribution in [2.75, 3.05) is 0 Å². The second kappa shape index (κ2) is 13.4. The summed E-state index contributed by atoms with van der Waals surface area (Å²) in [6, 6.07) is 39.9. The first kappa shape index (κ1) is 25.5. The lowest BCUT2D eigenvalue weighted by molar-refractivity contribution is 0.325. The highest BCUT2D eigenvalue weighted by molar-refractivity contribution is 5.64. The number of hydrogen-bond acceptors (Lipinski definition) is 0. The van der Waals surface area contributed by atoms with Crippen molar-refractivity contribution in [1.82, 2.24) is 0 Å². The largest absolute Gasteiger partial charge is 0.0622 e. The minimum Gasteiger partial charge on any atom is -0.0622 e. The Balaban J connectivity index is 0.983. The number of unbranched alkanes of at least 4 members (excludes halogenated alkanes) is 2. The molecular weight excluding hydrogens is 444 g/mol. The molecular formula is C37H42. The normalized spacial score (nSPS) is 17.2. The number of aryl methyl sites for hydroxylation is 2. The second-order valence-corrected chi connectivity index (χ2v) is 11.1. The van der Waals surface area contributed by atoms with Gasteiger partial charge in [0.25, 0.3) is 0 Å². The molecule has 5 rings (SSSR count). The van der Waals surface area contributed by atoms with E-state index in [1.54, 1.807) is 0 Å². The third-order valence-corrected chi connectivity index (χ3v) is 8.52. The summed E-state index contributed by atoms with van der Waals surface area (Å²) < 4.78 is 0. The summed E-state index contributed by atoms with van der Waals surface area (Å²) in [7, 11) is 0. The molecule has 1 saturated carbocycles. The predicted octanol–water partition coefficient (Wildman–Crippen LogP) is 10.6. The highest BCUT2D eigenvalue weighted by Gasteiger charge is 2.26. The van der Waals surface area contributed by atoms with Crippen LogP contribution in [0.2, 0.25) is 0 Å². The van der Waals surface area contributed by atoms with Gasteiger partial charge in [0.2, 0.25) is 0 Å². The van der Waals surface area contributed by atoms with E-state index in [1.165, 1.54) is 104 Å². The van der Waals surface area contributed by atoms with Gasteiger partial charge in [0.05, 0.1) is 0 Å². The summed E-state index contributed by atoms with van der Waals surface area (Å²) in [5, 5.41) is 0. The maximum atomic E-state index is 2.33. The van der Waals surface area contributed by atoms with E-state index in [0.29, 0.717) is 0 Å². The van der Waals surface area contributed by atoms with E-state index in [4.69, 9.17) is 0 Å². The first-order chi connectivity index (χ1) is 18.3. The molecule has 2 unspecified atom stereocenters. The smallest absolute Gasteiger partial charge is 0.0184 e. The van der Waals surface area contributed by atoms with Crippen LogP contribution in [-0.2, 0) is 12.8 Å². The van der Waals surface area contributed by atoms with Crippen LogP contribution in [0.3, 0.4) is 0 Å². The summed E-state index contributed by atoms with van der Waals surface area (Å²) >= 11 is 0. The van der Waals surface area contributed by atoms with Crippen LogP contribution < -0.4 is 0 Å². The van der Waals surface area contributed by atoms with Crippen LogP contribution in [0.1, 0.15) is 68.9 Å². The van der Waals surface area contributed by atoms with Gasteiger partial charge in [0.1, 0.15) is 0 Å². The minimum atomic E-state index is 0.977. The van der Waals surface area contributed by atoms with Gasteiger partial charge in [-0.05, 0) is 70.9 Å². The van der Waals surface area contributed by atoms with Crippen LogP contribution in [0.4, 0.5) is 0 Å². The molecule has 190 valence electrons. The van der Waals surface area contributed by atoms with E-state index in [1.807, 2.05) is 0 Å².